The van der Waals surface area contributed by atoms with Gasteiger partial charge in [0.2, 0.25) is 11.8 Å². The summed E-state index contributed by atoms with van der Waals surface area (Å²) in [7, 11) is 1.52. The maximum absolute atomic E-state index is 12.2. The summed E-state index contributed by atoms with van der Waals surface area (Å²) in [5, 5.41) is 7.09. The normalized spacial score (nSPS) is 10.5. The summed E-state index contributed by atoms with van der Waals surface area (Å²) in [5.41, 5.74) is 1.55. The molecule has 0 fully saturated rings. The van der Waals surface area contributed by atoms with E-state index in [4.69, 9.17) is 20.9 Å². The average Bonchev–Trinajstić information content (AvgIpc) is 3.02. The molecular formula is C18H16ClN3O3. The number of carbonyl (C=O) groups excluding carboxylic acids is 1. The third kappa shape index (κ3) is 4.58. The quantitative estimate of drug-likeness (QED) is 0.730. The second kappa shape index (κ2) is 7.81. The van der Waals surface area contributed by atoms with Gasteiger partial charge in [-0.25, -0.2) is 0 Å². The molecule has 0 unspecified atom stereocenters. The first kappa shape index (κ1) is 17.0. The molecule has 0 atom stereocenters. The van der Waals surface area contributed by atoms with E-state index in [1.54, 1.807) is 18.2 Å². The average molecular weight is 358 g/mol. The molecule has 7 heteroatoms. The fourth-order valence-corrected chi connectivity index (χ4v) is 2.49. The SMILES string of the molecule is COc1ccc(Cl)cc1NC(=O)Cc1noc(Cc2ccccc2)n1. The zero-order valence-electron chi connectivity index (χ0n) is 13.5. The maximum Gasteiger partial charge on any atom is 0.232 e. The Bertz CT molecular complexity index is 865. The summed E-state index contributed by atoms with van der Waals surface area (Å²) in [6.07, 6.45) is 0.519. The van der Waals surface area contributed by atoms with E-state index in [1.165, 1.54) is 7.11 Å². The molecule has 0 aliphatic carbocycles. The van der Waals surface area contributed by atoms with Crippen molar-refractivity contribution in [3.8, 4) is 5.75 Å². The van der Waals surface area contributed by atoms with Crippen molar-refractivity contribution in [2.75, 3.05) is 12.4 Å². The van der Waals surface area contributed by atoms with Gasteiger partial charge in [0.1, 0.15) is 5.75 Å². The molecule has 0 spiro atoms. The molecule has 3 aromatic rings. The number of benzene rings is 2. The molecule has 0 radical (unpaired) electrons. The second-order valence-corrected chi connectivity index (χ2v) is 5.77. The van der Waals surface area contributed by atoms with Gasteiger partial charge < -0.3 is 14.6 Å². The highest BCUT2D eigenvalue weighted by molar-refractivity contribution is 6.31. The zero-order chi connectivity index (χ0) is 17.6. The van der Waals surface area contributed by atoms with Crippen LogP contribution in [-0.2, 0) is 17.6 Å². The Morgan fingerprint density at radius 1 is 1.24 bits per heavy atom. The lowest BCUT2D eigenvalue weighted by molar-refractivity contribution is -0.115. The monoisotopic (exact) mass is 357 g/mol. The lowest BCUT2D eigenvalue weighted by atomic mass is 10.1. The highest BCUT2D eigenvalue weighted by atomic mass is 35.5. The summed E-state index contributed by atoms with van der Waals surface area (Å²) in [6.45, 7) is 0. The van der Waals surface area contributed by atoms with Crippen LogP contribution in [-0.4, -0.2) is 23.2 Å². The van der Waals surface area contributed by atoms with Crippen LogP contribution in [0.25, 0.3) is 0 Å². The fourth-order valence-electron chi connectivity index (χ4n) is 2.32. The van der Waals surface area contributed by atoms with Crippen LogP contribution in [0.1, 0.15) is 17.3 Å². The van der Waals surface area contributed by atoms with Crippen LogP contribution in [0.15, 0.2) is 53.1 Å². The fraction of sp³-hybridized carbons (Fsp3) is 0.167. The first-order valence-corrected chi connectivity index (χ1v) is 8.00. The van der Waals surface area contributed by atoms with Crippen LogP contribution in [0, 0.1) is 0 Å². The molecule has 3 rings (SSSR count). The topological polar surface area (TPSA) is 77.2 Å². The number of hydrogen-bond donors (Lipinski definition) is 1. The summed E-state index contributed by atoms with van der Waals surface area (Å²) < 4.78 is 10.4. The first-order valence-electron chi connectivity index (χ1n) is 7.63. The third-order valence-corrected chi connectivity index (χ3v) is 3.70. The standard InChI is InChI=1S/C18H16ClN3O3/c1-24-15-8-7-13(19)10-14(15)20-17(23)11-16-21-18(25-22-16)9-12-5-3-2-4-6-12/h2-8,10H,9,11H2,1H3,(H,20,23). The van der Waals surface area contributed by atoms with Crippen molar-refractivity contribution in [3.63, 3.8) is 0 Å². The first-order chi connectivity index (χ1) is 12.1. The molecule has 0 aliphatic heterocycles. The Labute approximate surface area is 149 Å². The van der Waals surface area contributed by atoms with Gasteiger partial charge in [-0.15, -0.1) is 0 Å². The predicted octanol–water partition coefficient (Wildman–Crippen LogP) is 3.50. The van der Waals surface area contributed by atoms with E-state index in [1.807, 2.05) is 30.3 Å². The minimum Gasteiger partial charge on any atom is -0.495 e. The zero-order valence-corrected chi connectivity index (χ0v) is 14.3. The molecule has 6 nitrogen and oxygen atoms in total. The lowest BCUT2D eigenvalue weighted by Crippen LogP contribution is -2.15. The van der Waals surface area contributed by atoms with Crippen LogP contribution in [0.5, 0.6) is 5.75 Å². The summed E-state index contributed by atoms with van der Waals surface area (Å²) in [5.74, 6) is 1.03. The van der Waals surface area contributed by atoms with E-state index in [2.05, 4.69) is 15.5 Å². The van der Waals surface area contributed by atoms with Gasteiger partial charge in [0.25, 0.3) is 0 Å². The molecule has 2 aromatic carbocycles. The number of ether oxygens (including phenoxy) is 1. The molecule has 0 aliphatic rings. The minimum atomic E-state index is -0.285. The van der Waals surface area contributed by atoms with Crippen LogP contribution < -0.4 is 10.1 Å². The smallest absolute Gasteiger partial charge is 0.232 e. The van der Waals surface area contributed by atoms with E-state index in [-0.39, 0.29) is 12.3 Å². The third-order valence-electron chi connectivity index (χ3n) is 3.46. The van der Waals surface area contributed by atoms with Gasteiger partial charge in [-0.1, -0.05) is 47.1 Å². The molecule has 1 aromatic heterocycles. The number of hydrogen-bond acceptors (Lipinski definition) is 5. The Morgan fingerprint density at radius 2 is 2.04 bits per heavy atom. The summed E-state index contributed by atoms with van der Waals surface area (Å²) >= 11 is 5.95. The number of methoxy groups -OCH3 is 1. The minimum absolute atomic E-state index is 0.00599. The van der Waals surface area contributed by atoms with Crippen LogP contribution in [0.3, 0.4) is 0 Å². The molecule has 128 valence electrons. The van der Waals surface area contributed by atoms with E-state index in [0.29, 0.717) is 34.6 Å². The van der Waals surface area contributed by atoms with Gasteiger partial charge in [0.15, 0.2) is 5.82 Å². The second-order valence-electron chi connectivity index (χ2n) is 5.34. The van der Waals surface area contributed by atoms with Crippen molar-refractivity contribution >= 4 is 23.2 Å². The van der Waals surface area contributed by atoms with Gasteiger partial charge in [-0.3, -0.25) is 4.79 Å². The van der Waals surface area contributed by atoms with Crippen molar-refractivity contribution < 1.29 is 14.1 Å². The number of nitrogens with one attached hydrogen (secondary N) is 1. The van der Waals surface area contributed by atoms with Gasteiger partial charge in [0, 0.05) is 5.02 Å². The number of amides is 1. The number of halogens is 1. The van der Waals surface area contributed by atoms with Crippen LogP contribution in [0.4, 0.5) is 5.69 Å². The van der Waals surface area contributed by atoms with Crippen molar-refractivity contribution in [2.45, 2.75) is 12.8 Å². The van der Waals surface area contributed by atoms with E-state index < -0.39 is 0 Å². The highest BCUT2D eigenvalue weighted by Crippen LogP contribution is 2.27. The molecule has 25 heavy (non-hydrogen) atoms. The molecule has 0 bridgehead atoms. The number of carbonyl (C=O) groups is 1. The van der Waals surface area contributed by atoms with Crippen molar-refractivity contribution in [3.05, 3.63) is 70.8 Å². The Hall–Kier alpha value is -2.86. The van der Waals surface area contributed by atoms with Crippen molar-refractivity contribution in [2.24, 2.45) is 0 Å². The molecule has 0 saturated carbocycles. The predicted molar refractivity (Wildman–Crippen MR) is 93.9 cm³/mol. The number of nitrogens with zero attached hydrogens (tertiary/aromatic N) is 2. The summed E-state index contributed by atoms with van der Waals surface area (Å²) in [6, 6.07) is 14.8. The van der Waals surface area contributed by atoms with Gasteiger partial charge in [0.05, 0.1) is 25.6 Å². The Morgan fingerprint density at radius 3 is 2.80 bits per heavy atom. The number of anilines is 1. The number of aromatic nitrogens is 2. The lowest BCUT2D eigenvalue weighted by Gasteiger charge is -2.09. The maximum atomic E-state index is 12.2. The summed E-state index contributed by atoms with van der Waals surface area (Å²) in [4.78, 5) is 16.4. The molecule has 1 N–H and O–H groups in total. The Balaban J connectivity index is 1.63. The largest absolute Gasteiger partial charge is 0.495 e. The molecule has 1 heterocycles. The van der Waals surface area contributed by atoms with E-state index in [0.717, 1.165) is 5.56 Å². The molecule has 0 saturated heterocycles. The molecule has 1 amide bonds. The molecular weight excluding hydrogens is 342 g/mol. The highest BCUT2D eigenvalue weighted by Gasteiger charge is 2.13. The van der Waals surface area contributed by atoms with Crippen molar-refractivity contribution in [1.82, 2.24) is 10.1 Å². The van der Waals surface area contributed by atoms with Gasteiger partial charge >= 0.3 is 0 Å². The Kier molecular flexibility index (Phi) is 5.30. The van der Waals surface area contributed by atoms with E-state index in [9.17, 15) is 4.79 Å². The van der Waals surface area contributed by atoms with E-state index >= 15 is 0 Å². The number of rotatable bonds is 6. The van der Waals surface area contributed by atoms with Crippen LogP contribution >= 0.6 is 11.6 Å². The van der Waals surface area contributed by atoms with Gasteiger partial charge in [-0.05, 0) is 23.8 Å². The van der Waals surface area contributed by atoms with Gasteiger partial charge in [-0.2, -0.15) is 4.98 Å². The van der Waals surface area contributed by atoms with Crippen molar-refractivity contribution in [1.29, 1.82) is 0 Å². The van der Waals surface area contributed by atoms with Crippen LogP contribution in [0.2, 0.25) is 5.02 Å².